The van der Waals surface area contributed by atoms with Gasteiger partial charge in [-0.25, -0.2) is 9.59 Å². The van der Waals surface area contributed by atoms with Crippen LogP contribution in [0.4, 0.5) is 15.3 Å². The highest BCUT2D eigenvalue weighted by Gasteiger charge is 2.37. The lowest BCUT2D eigenvalue weighted by Gasteiger charge is -2.42. The minimum absolute atomic E-state index is 0.0600. The fourth-order valence-corrected chi connectivity index (χ4v) is 4.74. The summed E-state index contributed by atoms with van der Waals surface area (Å²) in [6, 6.07) is 18.7. The van der Waals surface area contributed by atoms with Gasteiger partial charge in [-0.2, -0.15) is 0 Å². The molecule has 2 aliphatic heterocycles. The van der Waals surface area contributed by atoms with Gasteiger partial charge in [0, 0.05) is 37.9 Å². The Balaban J connectivity index is 1.34. The molecule has 9 nitrogen and oxygen atoms in total. The molecule has 2 fully saturated rings. The Morgan fingerprint density at radius 1 is 0.842 bits per heavy atom. The number of anilines is 1. The van der Waals surface area contributed by atoms with Crippen LogP contribution in [0.2, 0.25) is 0 Å². The minimum atomic E-state index is -0.610. The van der Waals surface area contributed by atoms with Crippen molar-refractivity contribution in [1.82, 2.24) is 15.1 Å². The quantitative estimate of drug-likeness (QED) is 0.638. The van der Waals surface area contributed by atoms with Gasteiger partial charge in [0.05, 0.1) is 6.54 Å². The first kappa shape index (κ1) is 27.3. The van der Waals surface area contributed by atoms with Crippen molar-refractivity contribution in [3.63, 3.8) is 0 Å². The predicted octanol–water partition coefficient (Wildman–Crippen LogP) is 4.03. The molecule has 3 amide bonds. The zero-order valence-electron chi connectivity index (χ0n) is 22.5. The van der Waals surface area contributed by atoms with Gasteiger partial charge < -0.3 is 29.5 Å². The summed E-state index contributed by atoms with van der Waals surface area (Å²) in [6.45, 7) is 7.98. The monoisotopic (exact) mass is 522 g/mol. The van der Waals surface area contributed by atoms with Crippen LogP contribution in [0.3, 0.4) is 0 Å². The molecule has 1 N–H and O–H groups in total. The van der Waals surface area contributed by atoms with Crippen LogP contribution in [-0.2, 0) is 20.9 Å². The molecule has 1 unspecified atom stereocenters. The molecule has 0 spiro atoms. The lowest BCUT2D eigenvalue weighted by atomic mass is 10.0. The Morgan fingerprint density at radius 3 is 2.11 bits per heavy atom. The van der Waals surface area contributed by atoms with Gasteiger partial charge in [0.15, 0.2) is 0 Å². The first-order chi connectivity index (χ1) is 18.2. The first-order valence-corrected chi connectivity index (χ1v) is 13.3. The van der Waals surface area contributed by atoms with Crippen molar-refractivity contribution in [3.8, 4) is 0 Å². The number of nitrogens with zero attached hydrogens (tertiary/aromatic N) is 3. The number of ether oxygens (including phenoxy) is 2. The van der Waals surface area contributed by atoms with E-state index in [-0.39, 0.29) is 31.2 Å². The zero-order valence-corrected chi connectivity index (χ0v) is 22.5. The maximum atomic E-state index is 13.5. The molecule has 38 heavy (non-hydrogen) atoms. The van der Waals surface area contributed by atoms with Gasteiger partial charge in [-0.05, 0) is 51.3 Å². The molecule has 4 rings (SSSR count). The second-order valence-corrected chi connectivity index (χ2v) is 10.8. The molecule has 0 bridgehead atoms. The average Bonchev–Trinajstić information content (AvgIpc) is 2.92. The molecule has 2 aromatic rings. The summed E-state index contributed by atoms with van der Waals surface area (Å²) < 4.78 is 11.0. The Bertz CT molecular complexity index is 1080. The number of benzene rings is 2. The molecule has 2 saturated heterocycles. The van der Waals surface area contributed by atoms with Gasteiger partial charge in [0.25, 0.3) is 0 Å². The Labute approximate surface area is 224 Å². The average molecular weight is 523 g/mol. The van der Waals surface area contributed by atoms with Crippen LogP contribution in [0.25, 0.3) is 0 Å². The van der Waals surface area contributed by atoms with Crippen molar-refractivity contribution in [3.05, 3.63) is 66.2 Å². The van der Waals surface area contributed by atoms with Crippen LogP contribution in [0.5, 0.6) is 0 Å². The number of nitrogens with one attached hydrogen (secondary N) is 1. The summed E-state index contributed by atoms with van der Waals surface area (Å²) in [4.78, 5) is 44.2. The third kappa shape index (κ3) is 7.40. The standard InChI is InChI=1S/C29H38N4O5/c1-29(2,3)38-28(36)32-18-19-33(24-12-8-5-9-13-24)25(20-32)26(34)30-23-14-16-31(17-15-23)27(35)37-21-22-10-6-4-7-11-22/h4-13,23,25H,14-21H2,1-3H3,(H,30,34). The first-order valence-electron chi connectivity index (χ1n) is 13.3. The lowest BCUT2D eigenvalue weighted by Crippen LogP contribution is -2.62. The number of para-hydroxylation sites is 1. The van der Waals surface area contributed by atoms with E-state index < -0.39 is 17.7 Å². The Hall–Kier alpha value is -3.75. The van der Waals surface area contributed by atoms with Crippen molar-refractivity contribution < 1.29 is 23.9 Å². The molecule has 2 heterocycles. The third-order valence-electron chi connectivity index (χ3n) is 6.73. The number of piperidine rings is 1. The van der Waals surface area contributed by atoms with Gasteiger partial charge in [0.1, 0.15) is 18.2 Å². The molecular formula is C29H38N4O5. The van der Waals surface area contributed by atoms with E-state index in [0.717, 1.165) is 11.3 Å². The summed E-state index contributed by atoms with van der Waals surface area (Å²) >= 11 is 0. The van der Waals surface area contributed by atoms with Gasteiger partial charge in [-0.3, -0.25) is 4.79 Å². The highest BCUT2D eigenvalue weighted by Crippen LogP contribution is 2.23. The highest BCUT2D eigenvalue weighted by molar-refractivity contribution is 5.87. The SMILES string of the molecule is CC(C)(C)OC(=O)N1CCN(c2ccccc2)C(C(=O)NC2CCN(C(=O)OCc3ccccc3)CC2)C1. The van der Waals surface area contributed by atoms with E-state index in [0.29, 0.717) is 39.0 Å². The summed E-state index contributed by atoms with van der Waals surface area (Å²) in [5.74, 6) is -0.132. The second kappa shape index (κ2) is 12.2. The summed E-state index contributed by atoms with van der Waals surface area (Å²) in [5, 5.41) is 3.18. The molecule has 204 valence electrons. The third-order valence-corrected chi connectivity index (χ3v) is 6.73. The van der Waals surface area contributed by atoms with Crippen molar-refractivity contribution >= 4 is 23.8 Å². The number of piperazine rings is 1. The second-order valence-electron chi connectivity index (χ2n) is 10.8. The number of amides is 3. The highest BCUT2D eigenvalue weighted by atomic mass is 16.6. The summed E-state index contributed by atoms with van der Waals surface area (Å²) in [6.07, 6.45) is 0.527. The number of rotatable bonds is 5. The normalized spacial score (nSPS) is 18.6. The number of carbonyl (C=O) groups is 3. The molecule has 1 atom stereocenters. The van der Waals surface area contributed by atoms with Crippen molar-refractivity contribution in [1.29, 1.82) is 0 Å². The van der Waals surface area contributed by atoms with Crippen molar-refractivity contribution in [2.75, 3.05) is 37.6 Å². The largest absolute Gasteiger partial charge is 0.445 e. The topological polar surface area (TPSA) is 91.4 Å². The van der Waals surface area contributed by atoms with Crippen molar-refractivity contribution in [2.45, 2.75) is 57.9 Å². The van der Waals surface area contributed by atoms with Gasteiger partial charge in [-0.15, -0.1) is 0 Å². The molecule has 2 aromatic carbocycles. The number of likely N-dealkylation sites (tertiary alicyclic amines) is 1. The summed E-state index contributed by atoms with van der Waals surface area (Å²) in [7, 11) is 0. The van der Waals surface area contributed by atoms with E-state index in [2.05, 4.69) is 5.32 Å². The maximum absolute atomic E-state index is 13.5. The predicted molar refractivity (Wildman–Crippen MR) is 145 cm³/mol. The van der Waals surface area contributed by atoms with Gasteiger partial charge in [-0.1, -0.05) is 48.5 Å². The van der Waals surface area contributed by atoms with Gasteiger partial charge >= 0.3 is 12.2 Å². The summed E-state index contributed by atoms with van der Waals surface area (Å²) in [5.41, 5.74) is 1.27. The van der Waals surface area contributed by atoms with E-state index in [1.54, 1.807) is 9.80 Å². The van der Waals surface area contributed by atoms with Crippen LogP contribution < -0.4 is 10.2 Å². The number of hydrogen-bond acceptors (Lipinski definition) is 6. The molecular weight excluding hydrogens is 484 g/mol. The van der Waals surface area contributed by atoms with E-state index in [1.165, 1.54) is 0 Å². The van der Waals surface area contributed by atoms with E-state index in [1.807, 2.05) is 86.3 Å². The van der Waals surface area contributed by atoms with E-state index in [9.17, 15) is 14.4 Å². The molecule has 0 radical (unpaired) electrons. The van der Waals surface area contributed by atoms with Crippen LogP contribution in [-0.4, -0.2) is 78.3 Å². The number of hydrogen-bond donors (Lipinski definition) is 1. The van der Waals surface area contributed by atoms with Crippen molar-refractivity contribution in [2.24, 2.45) is 0 Å². The van der Waals surface area contributed by atoms with Crippen LogP contribution in [0.15, 0.2) is 60.7 Å². The molecule has 0 aromatic heterocycles. The van der Waals surface area contributed by atoms with Crippen LogP contribution >= 0.6 is 0 Å². The Morgan fingerprint density at radius 2 is 1.47 bits per heavy atom. The fourth-order valence-electron chi connectivity index (χ4n) is 4.74. The minimum Gasteiger partial charge on any atom is -0.445 e. The molecule has 0 aliphatic carbocycles. The van der Waals surface area contributed by atoms with E-state index >= 15 is 0 Å². The fraction of sp³-hybridized carbons (Fsp3) is 0.483. The van der Waals surface area contributed by atoms with E-state index in [4.69, 9.17) is 9.47 Å². The molecule has 9 heteroatoms. The Kier molecular flexibility index (Phi) is 8.76. The van der Waals surface area contributed by atoms with Crippen LogP contribution in [0, 0.1) is 0 Å². The molecule has 2 aliphatic rings. The zero-order chi connectivity index (χ0) is 27.1. The lowest BCUT2D eigenvalue weighted by molar-refractivity contribution is -0.124. The smallest absolute Gasteiger partial charge is 0.410 e. The maximum Gasteiger partial charge on any atom is 0.410 e. The molecule has 0 saturated carbocycles. The van der Waals surface area contributed by atoms with Gasteiger partial charge in [0.2, 0.25) is 5.91 Å². The van der Waals surface area contributed by atoms with Crippen LogP contribution in [0.1, 0.15) is 39.2 Å². The number of carbonyl (C=O) groups excluding carboxylic acids is 3.